The lowest BCUT2D eigenvalue weighted by Crippen LogP contribution is -2.25. The van der Waals surface area contributed by atoms with Crippen LogP contribution in [0, 0.1) is 11.6 Å². The summed E-state index contributed by atoms with van der Waals surface area (Å²) in [6, 6.07) is 9.50. The van der Waals surface area contributed by atoms with Crippen LogP contribution in [0.1, 0.15) is 49.1 Å². The lowest BCUT2D eigenvalue weighted by Gasteiger charge is -2.19. The lowest BCUT2D eigenvalue weighted by atomic mass is 9.98. The fraction of sp³-hybridized carbons (Fsp3) is 0.435. The van der Waals surface area contributed by atoms with Crippen LogP contribution in [-0.4, -0.2) is 30.6 Å². The molecule has 1 atom stereocenters. The molecule has 2 aromatic carbocycles. The minimum atomic E-state index is -0.627. The van der Waals surface area contributed by atoms with Crippen LogP contribution < -0.4 is 9.47 Å². The van der Waals surface area contributed by atoms with E-state index in [0.29, 0.717) is 24.5 Å². The third-order valence-electron chi connectivity index (χ3n) is 5.88. The highest BCUT2D eigenvalue weighted by atomic mass is 19.1. The van der Waals surface area contributed by atoms with Crippen LogP contribution in [0.2, 0.25) is 0 Å². The van der Waals surface area contributed by atoms with E-state index < -0.39 is 11.6 Å². The van der Waals surface area contributed by atoms with Gasteiger partial charge in [0.05, 0.1) is 19.8 Å². The number of benzene rings is 2. The first-order valence-electron chi connectivity index (χ1n) is 10.1. The molecule has 1 amide bonds. The fourth-order valence-electron chi connectivity index (χ4n) is 4.25. The molecule has 0 spiro atoms. The van der Waals surface area contributed by atoms with E-state index in [4.69, 9.17) is 9.47 Å². The first-order chi connectivity index (χ1) is 14.0. The predicted octanol–water partition coefficient (Wildman–Crippen LogP) is 4.81. The molecule has 1 heterocycles. The molecular weight excluding hydrogens is 376 g/mol. The van der Waals surface area contributed by atoms with E-state index in [1.54, 1.807) is 7.11 Å². The van der Waals surface area contributed by atoms with Crippen molar-refractivity contribution in [2.75, 3.05) is 13.7 Å². The van der Waals surface area contributed by atoms with Gasteiger partial charge >= 0.3 is 0 Å². The van der Waals surface area contributed by atoms with Gasteiger partial charge in [0, 0.05) is 24.4 Å². The van der Waals surface area contributed by atoms with E-state index >= 15 is 0 Å². The molecule has 1 saturated heterocycles. The van der Waals surface area contributed by atoms with E-state index in [1.807, 2.05) is 18.2 Å². The average molecular weight is 401 g/mol. The highest BCUT2D eigenvalue weighted by Gasteiger charge is 2.32. The van der Waals surface area contributed by atoms with Gasteiger partial charge in [0.15, 0.2) is 11.5 Å². The van der Waals surface area contributed by atoms with Gasteiger partial charge in [-0.05, 0) is 55.5 Å². The van der Waals surface area contributed by atoms with Crippen molar-refractivity contribution < 1.29 is 23.0 Å². The molecule has 1 saturated carbocycles. The van der Waals surface area contributed by atoms with Gasteiger partial charge < -0.3 is 14.4 Å². The SMILES string of the molecule is COc1ccc(C2CC(=O)N(Cc3c(F)cccc3F)C2)cc1OC1CCCC1. The van der Waals surface area contributed by atoms with Gasteiger partial charge in [-0.1, -0.05) is 12.1 Å². The molecule has 29 heavy (non-hydrogen) atoms. The zero-order valence-corrected chi connectivity index (χ0v) is 16.5. The van der Waals surface area contributed by atoms with E-state index in [0.717, 1.165) is 18.4 Å². The average Bonchev–Trinajstić information content (AvgIpc) is 3.34. The zero-order chi connectivity index (χ0) is 20.4. The summed E-state index contributed by atoms with van der Waals surface area (Å²) in [5, 5.41) is 0. The van der Waals surface area contributed by atoms with Crippen LogP contribution in [0.25, 0.3) is 0 Å². The molecule has 4 rings (SSSR count). The molecule has 4 nitrogen and oxygen atoms in total. The predicted molar refractivity (Wildman–Crippen MR) is 105 cm³/mol. The van der Waals surface area contributed by atoms with Crippen molar-refractivity contribution in [2.24, 2.45) is 0 Å². The molecule has 6 heteroatoms. The van der Waals surface area contributed by atoms with Gasteiger partial charge in [0.1, 0.15) is 11.6 Å². The Kier molecular flexibility index (Phi) is 5.69. The molecule has 2 aromatic rings. The van der Waals surface area contributed by atoms with Gasteiger partial charge in [0.2, 0.25) is 5.91 Å². The number of amides is 1. The maximum atomic E-state index is 14.0. The summed E-state index contributed by atoms with van der Waals surface area (Å²) >= 11 is 0. The maximum Gasteiger partial charge on any atom is 0.223 e. The van der Waals surface area contributed by atoms with Crippen molar-refractivity contribution in [2.45, 2.75) is 50.7 Å². The van der Waals surface area contributed by atoms with Gasteiger partial charge in [-0.15, -0.1) is 0 Å². The number of hydrogen-bond donors (Lipinski definition) is 0. The van der Waals surface area contributed by atoms with Crippen LogP contribution in [-0.2, 0) is 11.3 Å². The molecule has 2 aliphatic rings. The van der Waals surface area contributed by atoms with Crippen molar-refractivity contribution in [3.05, 3.63) is 59.2 Å². The summed E-state index contributed by atoms with van der Waals surface area (Å²) in [6.45, 7) is 0.358. The Morgan fingerprint density at radius 3 is 2.48 bits per heavy atom. The highest BCUT2D eigenvalue weighted by Crippen LogP contribution is 2.37. The van der Waals surface area contributed by atoms with Crippen molar-refractivity contribution in [3.63, 3.8) is 0 Å². The Morgan fingerprint density at radius 2 is 1.79 bits per heavy atom. The Labute approximate surface area is 169 Å². The third kappa shape index (κ3) is 4.21. The lowest BCUT2D eigenvalue weighted by molar-refractivity contribution is -0.128. The molecule has 1 aliphatic heterocycles. The number of ether oxygens (including phenoxy) is 2. The van der Waals surface area contributed by atoms with E-state index in [9.17, 15) is 13.6 Å². The van der Waals surface area contributed by atoms with Gasteiger partial charge in [0.25, 0.3) is 0 Å². The van der Waals surface area contributed by atoms with E-state index in [1.165, 1.54) is 35.9 Å². The first-order valence-corrected chi connectivity index (χ1v) is 10.1. The standard InChI is InChI=1S/C23H25F2NO3/c1-28-21-10-9-15(11-22(21)29-17-5-2-3-6-17)16-12-23(27)26(13-16)14-18-19(24)7-4-8-20(18)25/h4,7-11,16-17H,2-3,5-6,12-14H2,1H3. The second-order valence-corrected chi connectivity index (χ2v) is 7.81. The van der Waals surface area contributed by atoms with Crippen LogP contribution in [0.3, 0.4) is 0 Å². The number of likely N-dealkylation sites (tertiary alicyclic amines) is 1. The molecular formula is C23H25F2NO3. The zero-order valence-electron chi connectivity index (χ0n) is 16.5. The monoisotopic (exact) mass is 401 g/mol. The van der Waals surface area contributed by atoms with E-state index in [-0.39, 0.29) is 30.0 Å². The Morgan fingerprint density at radius 1 is 1.07 bits per heavy atom. The first kappa shape index (κ1) is 19.7. The topological polar surface area (TPSA) is 38.8 Å². The molecule has 1 aliphatic carbocycles. The summed E-state index contributed by atoms with van der Waals surface area (Å²) in [5.74, 6) is -0.0324. The summed E-state index contributed by atoms with van der Waals surface area (Å²) in [7, 11) is 1.61. The van der Waals surface area contributed by atoms with Gasteiger partial charge in [-0.25, -0.2) is 8.78 Å². The van der Waals surface area contributed by atoms with Crippen LogP contribution in [0.5, 0.6) is 11.5 Å². The van der Waals surface area contributed by atoms with E-state index in [2.05, 4.69) is 0 Å². The summed E-state index contributed by atoms with van der Waals surface area (Å²) in [6.07, 6.45) is 4.93. The normalized spacial score (nSPS) is 19.8. The van der Waals surface area contributed by atoms with Gasteiger partial charge in [-0.3, -0.25) is 4.79 Å². The second kappa shape index (κ2) is 8.39. The number of carbonyl (C=O) groups excluding carboxylic acids is 1. The summed E-state index contributed by atoms with van der Waals surface area (Å²) in [4.78, 5) is 14.0. The Bertz CT molecular complexity index is 875. The molecule has 154 valence electrons. The fourth-order valence-corrected chi connectivity index (χ4v) is 4.25. The van der Waals surface area contributed by atoms with Gasteiger partial charge in [-0.2, -0.15) is 0 Å². The maximum absolute atomic E-state index is 14.0. The number of carbonyl (C=O) groups is 1. The number of halogens is 2. The smallest absolute Gasteiger partial charge is 0.223 e. The van der Waals surface area contributed by atoms with Crippen LogP contribution in [0.4, 0.5) is 8.78 Å². The van der Waals surface area contributed by atoms with Crippen LogP contribution >= 0.6 is 0 Å². The Balaban J connectivity index is 1.51. The quantitative estimate of drug-likeness (QED) is 0.697. The summed E-state index contributed by atoms with van der Waals surface area (Å²) < 4.78 is 39.5. The van der Waals surface area contributed by atoms with Crippen molar-refractivity contribution in [1.29, 1.82) is 0 Å². The van der Waals surface area contributed by atoms with Crippen LogP contribution in [0.15, 0.2) is 36.4 Å². The second-order valence-electron chi connectivity index (χ2n) is 7.81. The molecule has 0 radical (unpaired) electrons. The van der Waals surface area contributed by atoms with Crippen molar-refractivity contribution >= 4 is 5.91 Å². The molecule has 0 N–H and O–H groups in total. The summed E-state index contributed by atoms with van der Waals surface area (Å²) in [5.41, 5.74) is 0.908. The molecule has 0 bridgehead atoms. The number of hydrogen-bond acceptors (Lipinski definition) is 3. The van der Waals surface area contributed by atoms with Crippen molar-refractivity contribution in [1.82, 2.24) is 4.90 Å². The highest BCUT2D eigenvalue weighted by molar-refractivity contribution is 5.80. The third-order valence-corrected chi connectivity index (χ3v) is 5.88. The number of methoxy groups -OCH3 is 1. The minimum absolute atomic E-state index is 0.0471. The molecule has 2 fully saturated rings. The minimum Gasteiger partial charge on any atom is -0.493 e. The number of nitrogens with zero attached hydrogens (tertiary/aromatic N) is 1. The molecule has 1 unspecified atom stereocenters. The Hall–Kier alpha value is -2.63. The number of rotatable bonds is 6. The largest absolute Gasteiger partial charge is 0.493 e. The van der Waals surface area contributed by atoms with Crippen molar-refractivity contribution in [3.8, 4) is 11.5 Å². The molecule has 0 aromatic heterocycles.